The molecule has 0 bridgehead atoms. The number of hydrogen-bond acceptors (Lipinski definition) is 3. The molecular formula is C11H16N2O. The third-order valence-corrected chi connectivity index (χ3v) is 2.66. The van der Waals surface area contributed by atoms with E-state index in [-0.39, 0.29) is 0 Å². The summed E-state index contributed by atoms with van der Waals surface area (Å²) in [5, 5.41) is 8.88. The van der Waals surface area contributed by atoms with E-state index in [1.165, 1.54) is 5.56 Å². The topological polar surface area (TPSA) is 36.4 Å². The van der Waals surface area contributed by atoms with Crippen LogP contribution in [0.2, 0.25) is 0 Å². The van der Waals surface area contributed by atoms with Crippen LogP contribution in [0.4, 0.5) is 0 Å². The van der Waals surface area contributed by atoms with Gasteiger partial charge in [0, 0.05) is 44.0 Å². The van der Waals surface area contributed by atoms with E-state index in [9.17, 15) is 0 Å². The Morgan fingerprint density at radius 2 is 2.36 bits per heavy atom. The zero-order valence-corrected chi connectivity index (χ0v) is 8.48. The van der Waals surface area contributed by atoms with Gasteiger partial charge in [0.05, 0.1) is 0 Å². The molecule has 2 rings (SSSR count). The first-order valence-electron chi connectivity index (χ1n) is 5.02. The molecule has 1 aromatic heterocycles. The molecule has 0 saturated carbocycles. The van der Waals surface area contributed by atoms with Crippen LogP contribution >= 0.6 is 0 Å². The van der Waals surface area contributed by atoms with Crippen LogP contribution < -0.4 is 0 Å². The first kappa shape index (κ1) is 9.62. The van der Waals surface area contributed by atoms with Crippen LogP contribution in [0.25, 0.3) is 0 Å². The van der Waals surface area contributed by atoms with Crippen molar-refractivity contribution in [3.05, 3.63) is 29.6 Å². The highest BCUT2D eigenvalue weighted by atomic mass is 16.3. The van der Waals surface area contributed by atoms with E-state index >= 15 is 0 Å². The fraction of sp³-hybridized carbons (Fsp3) is 0.545. The number of aliphatic hydroxyl groups excluding tert-OH is 1. The van der Waals surface area contributed by atoms with Gasteiger partial charge in [0.2, 0.25) is 0 Å². The van der Waals surface area contributed by atoms with Crippen LogP contribution in [-0.2, 0) is 6.54 Å². The number of likely N-dealkylation sites (tertiary alicyclic amines) is 1. The third-order valence-electron chi connectivity index (χ3n) is 2.66. The van der Waals surface area contributed by atoms with Crippen LogP contribution in [0.3, 0.4) is 0 Å². The zero-order chi connectivity index (χ0) is 9.97. The van der Waals surface area contributed by atoms with Crippen LogP contribution in [-0.4, -0.2) is 34.7 Å². The summed E-state index contributed by atoms with van der Waals surface area (Å²) in [4.78, 5) is 6.51. The van der Waals surface area contributed by atoms with Crippen LogP contribution in [0.1, 0.15) is 11.3 Å². The molecule has 1 saturated heterocycles. The second-order valence-electron chi connectivity index (χ2n) is 4.05. The van der Waals surface area contributed by atoms with Gasteiger partial charge in [-0.1, -0.05) is 0 Å². The highest BCUT2D eigenvalue weighted by Crippen LogP contribution is 2.17. The van der Waals surface area contributed by atoms with Crippen molar-refractivity contribution < 1.29 is 5.11 Å². The molecule has 0 aromatic carbocycles. The lowest BCUT2D eigenvalue weighted by atomic mass is 10.0. The van der Waals surface area contributed by atoms with E-state index in [1.807, 2.05) is 13.1 Å². The van der Waals surface area contributed by atoms with Gasteiger partial charge >= 0.3 is 0 Å². The minimum Gasteiger partial charge on any atom is -0.396 e. The largest absolute Gasteiger partial charge is 0.396 e. The van der Waals surface area contributed by atoms with Crippen molar-refractivity contribution in [3.8, 4) is 0 Å². The molecule has 0 radical (unpaired) electrons. The van der Waals surface area contributed by atoms with E-state index in [0.29, 0.717) is 12.5 Å². The first-order chi connectivity index (χ1) is 6.78. The maximum atomic E-state index is 8.88. The molecule has 0 spiro atoms. The van der Waals surface area contributed by atoms with Gasteiger partial charge in [-0.15, -0.1) is 0 Å². The standard InChI is InChI=1S/C11H16N2O/c1-9-4-10(2-3-12-9)5-13-6-11(7-13)8-14/h2-4,11,14H,5-8H2,1H3. The second kappa shape index (κ2) is 4.07. The van der Waals surface area contributed by atoms with Gasteiger partial charge in [-0.05, 0) is 24.6 Å². The van der Waals surface area contributed by atoms with E-state index < -0.39 is 0 Å². The maximum Gasteiger partial charge on any atom is 0.0483 e. The smallest absolute Gasteiger partial charge is 0.0483 e. The van der Waals surface area contributed by atoms with Crippen molar-refractivity contribution in [1.82, 2.24) is 9.88 Å². The molecule has 1 aliphatic heterocycles. The Morgan fingerprint density at radius 1 is 1.57 bits per heavy atom. The Kier molecular flexibility index (Phi) is 2.79. The van der Waals surface area contributed by atoms with Crippen molar-refractivity contribution in [2.45, 2.75) is 13.5 Å². The van der Waals surface area contributed by atoms with Gasteiger partial charge in [-0.2, -0.15) is 0 Å². The van der Waals surface area contributed by atoms with Gasteiger partial charge in [-0.25, -0.2) is 0 Å². The fourth-order valence-electron chi connectivity index (χ4n) is 1.88. The Morgan fingerprint density at radius 3 is 3.00 bits per heavy atom. The molecule has 0 unspecified atom stereocenters. The fourth-order valence-corrected chi connectivity index (χ4v) is 1.88. The third kappa shape index (κ3) is 2.11. The molecule has 14 heavy (non-hydrogen) atoms. The molecule has 0 atom stereocenters. The van der Waals surface area contributed by atoms with Crippen molar-refractivity contribution >= 4 is 0 Å². The minimum atomic E-state index is 0.325. The summed E-state index contributed by atoms with van der Waals surface area (Å²) in [7, 11) is 0. The number of pyridine rings is 1. The molecular weight excluding hydrogens is 176 g/mol. The average Bonchev–Trinajstić information content (AvgIpc) is 2.10. The van der Waals surface area contributed by atoms with Gasteiger partial charge in [0.1, 0.15) is 0 Å². The summed E-state index contributed by atoms with van der Waals surface area (Å²) in [5.74, 6) is 0.498. The predicted octanol–water partition coefficient (Wildman–Crippen LogP) is 0.814. The number of aliphatic hydroxyl groups is 1. The monoisotopic (exact) mass is 192 g/mol. The Hall–Kier alpha value is -0.930. The molecule has 1 N–H and O–H groups in total. The van der Waals surface area contributed by atoms with Gasteiger partial charge in [0.25, 0.3) is 0 Å². The van der Waals surface area contributed by atoms with Crippen molar-refractivity contribution in [2.75, 3.05) is 19.7 Å². The van der Waals surface area contributed by atoms with E-state index in [1.54, 1.807) is 0 Å². The number of aromatic nitrogens is 1. The second-order valence-corrected chi connectivity index (χ2v) is 4.05. The molecule has 76 valence electrons. The number of aryl methyl sites for hydroxylation is 1. The van der Waals surface area contributed by atoms with E-state index in [2.05, 4.69) is 22.0 Å². The lowest BCUT2D eigenvalue weighted by molar-refractivity contribution is 0.0479. The summed E-state index contributed by atoms with van der Waals surface area (Å²) in [5.41, 5.74) is 2.38. The Labute approximate surface area is 84.4 Å². The highest BCUT2D eigenvalue weighted by molar-refractivity contribution is 5.15. The normalized spacial score (nSPS) is 18.1. The highest BCUT2D eigenvalue weighted by Gasteiger charge is 2.25. The zero-order valence-electron chi connectivity index (χ0n) is 8.48. The number of nitrogens with zero attached hydrogens (tertiary/aromatic N) is 2. The molecule has 0 amide bonds. The van der Waals surface area contributed by atoms with Crippen molar-refractivity contribution in [2.24, 2.45) is 5.92 Å². The maximum absolute atomic E-state index is 8.88. The summed E-state index contributed by atoms with van der Waals surface area (Å²) in [6, 6.07) is 4.17. The lowest BCUT2D eigenvalue weighted by Gasteiger charge is -2.38. The van der Waals surface area contributed by atoms with Gasteiger partial charge in [0.15, 0.2) is 0 Å². The van der Waals surface area contributed by atoms with Crippen LogP contribution in [0.15, 0.2) is 18.3 Å². The van der Waals surface area contributed by atoms with E-state index in [0.717, 1.165) is 25.3 Å². The van der Waals surface area contributed by atoms with Crippen molar-refractivity contribution in [1.29, 1.82) is 0 Å². The number of hydrogen-bond donors (Lipinski definition) is 1. The summed E-state index contributed by atoms with van der Waals surface area (Å²) < 4.78 is 0. The van der Waals surface area contributed by atoms with E-state index in [4.69, 9.17) is 5.11 Å². The summed E-state index contributed by atoms with van der Waals surface area (Å²) >= 11 is 0. The molecule has 2 heterocycles. The summed E-state index contributed by atoms with van der Waals surface area (Å²) in [6.45, 7) is 5.37. The number of rotatable bonds is 3. The van der Waals surface area contributed by atoms with Gasteiger partial charge < -0.3 is 5.11 Å². The molecule has 3 nitrogen and oxygen atoms in total. The Bertz CT molecular complexity index is 308. The van der Waals surface area contributed by atoms with Gasteiger partial charge in [-0.3, -0.25) is 9.88 Å². The lowest BCUT2D eigenvalue weighted by Crippen LogP contribution is -2.47. The molecule has 1 aliphatic rings. The molecule has 3 heteroatoms. The van der Waals surface area contributed by atoms with Crippen LogP contribution in [0, 0.1) is 12.8 Å². The first-order valence-corrected chi connectivity index (χ1v) is 5.02. The van der Waals surface area contributed by atoms with Crippen LogP contribution in [0.5, 0.6) is 0 Å². The Balaban J connectivity index is 1.87. The summed E-state index contributed by atoms with van der Waals surface area (Å²) in [6.07, 6.45) is 1.86. The predicted molar refractivity (Wildman–Crippen MR) is 54.8 cm³/mol. The molecule has 1 fully saturated rings. The molecule has 0 aliphatic carbocycles. The quantitative estimate of drug-likeness (QED) is 0.770. The average molecular weight is 192 g/mol. The minimum absolute atomic E-state index is 0.325. The SMILES string of the molecule is Cc1cc(CN2CC(CO)C2)ccn1. The van der Waals surface area contributed by atoms with Crippen molar-refractivity contribution in [3.63, 3.8) is 0 Å². The molecule has 1 aromatic rings.